The first-order valence-electron chi connectivity index (χ1n) is 13.9. The van der Waals surface area contributed by atoms with E-state index in [2.05, 4.69) is 48.9 Å². The standard InChI is InChI=1S/C31H43BrN2O6S/c1-10-33-28(37)34(21-15-30(5,6)18-31(7,8)16-21)20-13-11-12-19(14-20)25-23(32)24(26(41-25)27(36)38-9)39-17-22(35)40-29(2,3)4/h11-14,21H,10,15-18H2,1-9H3,(H,33,37). The first-order valence-corrected chi connectivity index (χ1v) is 15.5. The predicted octanol–water partition coefficient (Wildman–Crippen LogP) is 7.83. The van der Waals surface area contributed by atoms with Gasteiger partial charge >= 0.3 is 18.0 Å². The normalized spacial score (nSPS) is 16.5. The van der Waals surface area contributed by atoms with E-state index < -0.39 is 17.5 Å². The average molecular weight is 652 g/mol. The number of methoxy groups -OCH3 is 1. The number of ether oxygens (including phenoxy) is 3. The first kappa shape index (κ1) is 32.9. The summed E-state index contributed by atoms with van der Waals surface area (Å²) in [6.07, 6.45) is 2.86. The van der Waals surface area contributed by atoms with Gasteiger partial charge in [0.15, 0.2) is 17.2 Å². The summed E-state index contributed by atoms with van der Waals surface area (Å²) in [5.74, 6) is -0.914. The van der Waals surface area contributed by atoms with Crippen molar-refractivity contribution in [2.75, 3.05) is 25.2 Å². The quantitative estimate of drug-likeness (QED) is 0.293. The molecule has 0 unspecified atom stereocenters. The summed E-state index contributed by atoms with van der Waals surface area (Å²) in [6.45, 7) is 16.5. The number of anilines is 1. The molecule has 3 rings (SSSR count). The highest BCUT2D eigenvalue weighted by atomic mass is 79.9. The van der Waals surface area contributed by atoms with Crippen LogP contribution in [0, 0.1) is 10.8 Å². The molecule has 0 radical (unpaired) electrons. The van der Waals surface area contributed by atoms with E-state index in [0.717, 1.165) is 30.5 Å². The average Bonchev–Trinajstić information content (AvgIpc) is 3.16. The number of hydrogen-bond donors (Lipinski definition) is 1. The number of urea groups is 1. The molecule has 0 atom stereocenters. The molecule has 1 saturated carbocycles. The molecule has 1 N–H and O–H groups in total. The lowest BCUT2D eigenvalue weighted by molar-refractivity contribution is -0.157. The fourth-order valence-corrected chi connectivity index (χ4v) is 7.90. The predicted molar refractivity (Wildman–Crippen MR) is 167 cm³/mol. The third kappa shape index (κ3) is 8.47. The smallest absolute Gasteiger partial charge is 0.351 e. The van der Waals surface area contributed by atoms with Crippen molar-refractivity contribution in [2.45, 2.75) is 86.3 Å². The number of nitrogens with one attached hydrogen (secondary N) is 1. The second-order valence-electron chi connectivity index (χ2n) is 13.1. The van der Waals surface area contributed by atoms with Gasteiger partial charge in [-0.05, 0) is 91.4 Å². The fourth-order valence-electron chi connectivity index (χ4n) is 5.94. The minimum Gasteiger partial charge on any atom is -0.479 e. The highest BCUT2D eigenvalue weighted by Gasteiger charge is 2.42. The van der Waals surface area contributed by atoms with Gasteiger partial charge < -0.3 is 19.5 Å². The van der Waals surface area contributed by atoms with Gasteiger partial charge in [0.1, 0.15) is 5.60 Å². The van der Waals surface area contributed by atoms with Crippen molar-refractivity contribution in [3.63, 3.8) is 0 Å². The van der Waals surface area contributed by atoms with Crippen LogP contribution in [0.3, 0.4) is 0 Å². The van der Waals surface area contributed by atoms with Crippen LogP contribution in [0.1, 0.15) is 84.3 Å². The van der Waals surface area contributed by atoms with Crippen molar-refractivity contribution >= 4 is 50.9 Å². The van der Waals surface area contributed by atoms with Crippen LogP contribution in [0.4, 0.5) is 10.5 Å². The summed E-state index contributed by atoms with van der Waals surface area (Å²) in [7, 11) is 1.30. The minimum atomic E-state index is -0.665. The van der Waals surface area contributed by atoms with Crippen molar-refractivity contribution < 1.29 is 28.6 Å². The lowest BCUT2D eigenvalue weighted by Gasteiger charge is -2.48. The first-order chi connectivity index (χ1) is 19.0. The van der Waals surface area contributed by atoms with Crippen molar-refractivity contribution in [1.29, 1.82) is 0 Å². The molecular formula is C31H43BrN2O6S. The van der Waals surface area contributed by atoms with Gasteiger partial charge in [-0.3, -0.25) is 4.90 Å². The van der Waals surface area contributed by atoms with E-state index in [1.807, 2.05) is 36.1 Å². The van der Waals surface area contributed by atoms with Gasteiger partial charge in [0.25, 0.3) is 0 Å². The number of carbonyl (C=O) groups excluding carboxylic acids is 3. The summed E-state index contributed by atoms with van der Waals surface area (Å²) in [5.41, 5.74) is 1.06. The minimum absolute atomic E-state index is 0.0145. The van der Waals surface area contributed by atoms with Crippen LogP contribution in [0.25, 0.3) is 10.4 Å². The maximum Gasteiger partial charge on any atom is 0.351 e. The second-order valence-corrected chi connectivity index (χ2v) is 14.9. The molecule has 41 heavy (non-hydrogen) atoms. The molecule has 226 valence electrons. The lowest BCUT2D eigenvalue weighted by Crippen LogP contribution is -2.52. The molecule has 1 aliphatic carbocycles. The largest absolute Gasteiger partial charge is 0.479 e. The third-order valence-corrected chi connectivity index (χ3v) is 8.99. The molecule has 10 heteroatoms. The molecule has 2 amide bonds. The van der Waals surface area contributed by atoms with Crippen LogP contribution in [-0.2, 0) is 14.3 Å². The van der Waals surface area contributed by atoms with Crippen molar-refractivity contribution in [3.05, 3.63) is 33.6 Å². The van der Waals surface area contributed by atoms with Gasteiger partial charge in [0.05, 0.1) is 16.5 Å². The Morgan fingerprint density at radius 2 is 1.76 bits per heavy atom. The number of rotatable bonds is 8. The van der Waals surface area contributed by atoms with E-state index in [1.54, 1.807) is 20.8 Å². The topological polar surface area (TPSA) is 94.2 Å². The number of nitrogens with zero attached hydrogens (tertiary/aromatic N) is 1. The Morgan fingerprint density at radius 3 is 2.32 bits per heavy atom. The van der Waals surface area contributed by atoms with E-state index in [1.165, 1.54) is 18.4 Å². The van der Waals surface area contributed by atoms with Gasteiger partial charge in [-0.15, -0.1) is 11.3 Å². The Balaban J connectivity index is 2.03. The Hall–Kier alpha value is -2.59. The van der Waals surface area contributed by atoms with Crippen LogP contribution in [0.2, 0.25) is 0 Å². The highest BCUT2D eigenvalue weighted by molar-refractivity contribution is 9.10. The summed E-state index contributed by atoms with van der Waals surface area (Å²) in [5, 5.41) is 3.00. The summed E-state index contributed by atoms with van der Waals surface area (Å²) in [4.78, 5) is 41.3. The van der Waals surface area contributed by atoms with Gasteiger partial charge in [-0.25, -0.2) is 14.4 Å². The van der Waals surface area contributed by atoms with E-state index in [4.69, 9.17) is 14.2 Å². The monoisotopic (exact) mass is 650 g/mol. The van der Waals surface area contributed by atoms with E-state index in [9.17, 15) is 14.4 Å². The van der Waals surface area contributed by atoms with Crippen molar-refractivity contribution in [1.82, 2.24) is 5.32 Å². The van der Waals surface area contributed by atoms with E-state index in [0.29, 0.717) is 15.9 Å². The van der Waals surface area contributed by atoms with Crippen LogP contribution in [-0.4, -0.2) is 49.9 Å². The van der Waals surface area contributed by atoms with Gasteiger partial charge in [-0.2, -0.15) is 0 Å². The Bertz CT molecular complexity index is 1260. The zero-order valence-electron chi connectivity index (χ0n) is 25.6. The number of thiophene rings is 1. The fraction of sp³-hybridized carbons (Fsp3) is 0.581. The number of amides is 2. The molecule has 1 aromatic heterocycles. The summed E-state index contributed by atoms with van der Waals surface area (Å²) in [6, 6.07) is 7.60. The molecule has 1 aliphatic rings. The van der Waals surface area contributed by atoms with Gasteiger partial charge in [0, 0.05) is 18.3 Å². The zero-order chi connectivity index (χ0) is 30.8. The summed E-state index contributed by atoms with van der Waals surface area (Å²) >= 11 is 4.80. The molecule has 0 spiro atoms. The van der Waals surface area contributed by atoms with Crippen molar-refractivity contribution in [2.24, 2.45) is 10.8 Å². The molecule has 0 bridgehead atoms. The Kier molecular flexibility index (Phi) is 10.2. The third-order valence-electron chi connectivity index (χ3n) is 6.77. The van der Waals surface area contributed by atoms with E-state index in [-0.39, 0.29) is 40.1 Å². The van der Waals surface area contributed by atoms with Crippen molar-refractivity contribution in [3.8, 4) is 16.2 Å². The zero-order valence-corrected chi connectivity index (χ0v) is 28.0. The molecule has 1 heterocycles. The van der Waals surface area contributed by atoms with Crippen LogP contribution >= 0.6 is 27.3 Å². The number of esters is 2. The number of carbonyl (C=O) groups is 3. The van der Waals surface area contributed by atoms with Gasteiger partial charge in [-0.1, -0.05) is 39.8 Å². The second kappa shape index (κ2) is 12.7. The molecule has 0 aliphatic heterocycles. The maximum absolute atomic E-state index is 13.5. The Labute approximate surface area is 256 Å². The molecule has 8 nitrogen and oxygen atoms in total. The Morgan fingerprint density at radius 1 is 1.12 bits per heavy atom. The molecule has 1 aromatic carbocycles. The van der Waals surface area contributed by atoms with Crippen LogP contribution in [0.5, 0.6) is 5.75 Å². The number of halogens is 1. The summed E-state index contributed by atoms with van der Waals surface area (Å²) < 4.78 is 16.7. The lowest BCUT2D eigenvalue weighted by atomic mass is 9.63. The highest BCUT2D eigenvalue weighted by Crippen LogP contribution is 2.49. The molecule has 2 aromatic rings. The SMILES string of the molecule is CCNC(=O)N(c1cccc(-c2sc(C(=O)OC)c(OCC(=O)OC(C)(C)C)c2Br)c1)C1CC(C)(C)CC(C)(C)C1. The molecule has 0 saturated heterocycles. The maximum atomic E-state index is 13.5. The number of hydrogen-bond acceptors (Lipinski definition) is 7. The van der Waals surface area contributed by atoms with E-state index >= 15 is 0 Å². The van der Waals surface area contributed by atoms with Gasteiger partial charge in [0.2, 0.25) is 0 Å². The number of benzene rings is 1. The molecular weight excluding hydrogens is 608 g/mol. The van der Waals surface area contributed by atoms with Crippen LogP contribution < -0.4 is 15.0 Å². The van der Waals surface area contributed by atoms with Crippen LogP contribution in [0.15, 0.2) is 28.7 Å². The molecule has 1 fully saturated rings.